The number of fused-ring (bicyclic) bond motifs is 3. The van der Waals surface area contributed by atoms with Crippen molar-refractivity contribution in [2.24, 2.45) is 10.9 Å². The minimum absolute atomic E-state index is 0.176. The summed E-state index contributed by atoms with van der Waals surface area (Å²) >= 11 is 2.11. The van der Waals surface area contributed by atoms with E-state index in [4.69, 9.17) is 4.74 Å². The van der Waals surface area contributed by atoms with Crippen LogP contribution in [0.1, 0.15) is 47.6 Å². The second-order valence-corrected chi connectivity index (χ2v) is 9.86. The number of phenolic OH excluding ortho intramolecular Hbond substituents is 1. The maximum atomic E-state index is 10.1. The molecular formula is C28H27IN2O2. The fourth-order valence-corrected chi connectivity index (χ4v) is 5.52. The monoisotopic (exact) mass is 550 g/mol. The van der Waals surface area contributed by atoms with Gasteiger partial charge in [-0.3, -0.25) is 4.99 Å². The largest absolute Gasteiger partial charge is 0.504 e. The van der Waals surface area contributed by atoms with E-state index in [1.165, 1.54) is 22.4 Å². The van der Waals surface area contributed by atoms with Gasteiger partial charge in [0.2, 0.25) is 0 Å². The summed E-state index contributed by atoms with van der Waals surface area (Å²) in [6.07, 6.45) is 7.62. The summed E-state index contributed by atoms with van der Waals surface area (Å²) < 4.78 is 6.27. The minimum Gasteiger partial charge on any atom is -0.504 e. The Kier molecular flexibility index (Phi) is 6.15. The molecule has 168 valence electrons. The number of rotatable bonds is 5. The molecule has 3 aromatic rings. The van der Waals surface area contributed by atoms with Crippen molar-refractivity contribution in [3.8, 4) is 11.5 Å². The second-order valence-electron chi connectivity index (χ2n) is 8.70. The van der Waals surface area contributed by atoms with Crippen LogP contribution < -0.4 is 10.1 Å². The smallest absolute Gasteiger partial charge is 0.171 e. The molecule has 2 N–H and O–H groups in total. The van der Waals surface area contributed by atoms with Crippen molar-refractivity contribution in [1.29, 1.82) is 0 Å². The molecule has 0 bridgehead atoms. The number of anilines is 1. The maximum absolute atomic E-state index is 10.1. The number of hydrogen-bond donors (Lipinski definition) is 2. The van der Waals surface area contributed by atoms with Gasteiger partial charge in [-0.15, -0.1) is 0 Å². The molecule has 3 atom stereocenters. The lowest BCUT2D eigenvalue weighted by Gasteiger charge is -2.37. The van der Waals surface area contributed by atoms with Crippen LogP contribution in [-0.4, -0.2) is 17.9 Å². The van der Waals surface area contributed by atoms with E-state index in [0.717, 1.165) is 21.2 Å². The van der Waals surface area contributed by atoms with Crippen molar-refractivity contribution < 1.29 is 9.84 Å². The van der Waals surface area contributed by atoms with Gasteiger partial charge >= 0.3 is 0 Å². The van der Waals surface area contributed by atoms with Gasteiger partial charge in [0.25, 0.3) is 0 Å². The van der Waals surface area contributed by atoms with Crippen LogP contribution in [0.25, 0.3) is 0 Å². The Morgan fingerprint density at radius 3 is 2.76 bits per heavy atom. The Morgan fingerprint density at radius 2 is 1.97 bits per heavy atom. The quantitative estimate of drug-likeness (QED) is 0.200. The number of halogens is 1. The summed E-state index contributed by atoms with van der Waals surface area (Å²) in [5, 5.41) is 13.9. The van der Waals surface area contributed by atoms with E-state index in [-0.39, 0.29) is 11.8 Å². The lowest BCUT2D eigenvalue weighted by atomic mass is 9.76. The van der Waals surface area contributed by atoms with E-state index in [1.807, 2.05) is 25.3 Å². The Balaban J connectivity index is 1.37. The highest BCUT2D eigenvalue weighted by atomic mass is 127. The lowest BCUT2D eigenvalue weighted by Crippen LogP contribution is -2.29. The zero-order valence-corrected chi connectivity index (χ0v) is 20.9. The highest BCUT2D eigenvalue weighted by molar-refractivity contribution is 14.1. The Hall–Kier alpha value is -2.80. The number of aliphatic imine (C=N–C) groups is 1. The third-order valence-corrected chi connectivity index (χ3v) is 7.31. The normalized spacial score (nSPS) is 21.0. The number of nitrogens with zero attached hydrogens (tertiary/aromatic N) is 1. The van der Waals surface area contributed by atoms with Crippen molar-refractivity contribution >= 4 is 40.2 Å². The van der Waals surface area contributed by atoms with Crippen molar-refractivity contribution in [3.63, 3.8) is 0 Å². The Labute approximate surface area is 208 Å². The number of nitrogens with one attached hydrogen (secondary N) is 1. The highest BCUT2D eigenvalue weighted by Crippen LogP contribution is 2.50. The van der Waals surface area contributed by atoms with Gasteiger partial charge in [-0.2, -0.15) is 0 Å². The van der Waals surface area contributed by atoms with Crippen LogP contribution in [0.2, 0.25) is 0 Å². The van der Waals surface area contributed by atoms with Crippen LogP contribution in [0.15, 0.2) is 71.7 Å². The Bertz CT molecular complexity index is 1230. The van der Waals surface area contributed by atoms with Gasteiger partial charge in [0.1, 0.15) is 0 Å². The van der Waals surface area contributed by atoms with Crippen molar-refractivity contribution in [2.45, 2.75) is 32.2 Å². The molecule has 5 rings (SSSR count). The van der Waals surface area contributed by atoms with Gasteiger partial charge in [0, 0.05) is 17.8 Å². The number of hydrogen-bond acceptors (Lipinski definition) is 4. The molecule has 1 heterocycles. The zero-order chi connectivity index (χ0) is 22.9. The molecule has 0 saturated carbocycles. The summed E-state index contributed by atoms with van der Waals surface area (Å²) in [5.74, 6) is 1.67. The first-order chi connectivity index (χ1) is 16.0. The van der Waals surface area contributed by atoms with E-state index < -0.39 is 0 Å². The predicted octanol–water partition coefficient (Wildman–Crippen LogP) is 7.28. The molecule has 0 fully saturated rings. The topological polar surface area (TPSA) is 53.8 Å². The average molecular weight is 550 g/mol. The number of benzene rings is 3. The van der Waals surface area contributed by atoms with E-state index >= 15 is 0 Å². The molecule has 3 aromatic carbocycles. The lowest BCUT2D eigenvalue weighted by molar-refractivity contribution is 0.317. The first kappa shape index (κ1) is 22.0. The molecule has 33 heavy (non-hydrogen) atoms. The first-order valence-corrected chi connectivity index (χ1v) is 12.4. The van der Waals surface area contributed by atoms with Crippen LogP contribution in [0.3, 0.4) is 0 Å². The van der Waals surface area contributed by atoms with Gasteiger partial charge in [-0.05, 0) is 95.8 Å². The molecule has 0 amide bonds. The van der Waals surface area contributed by atoms with Gasteiger partial charge in [0.15, 0.2) is 11.5 Å². The molecule has 0 radical (unpaired) electrons. The second kappa shape index (κ2) is 9.21. The number of aromatic hydroxyl groups is 1. The van der Waals surface area contributed by atoms with Gasteiger partial charge in [-0.1, -0.05) is 42.0 Å². The molecule has 0 spiro atoms. The molecule has 0 saturated heterocycles. The SMILES string of the molecule is CCOc1cc(C=Nc2ccc([C@@H]3Nc4ccc(C)cc4[C@H]4C=CC[C@@H]43)cc2)cc(I)c1O. The highest BCUT2D eigenvalue weighted by Gasteiger charge is 2.37. The molecule has 5 heteroatoms. The molecule has 1 aliphatic carbocycles. The van der Waals surface area contributed by atoms with E-state index in [0.29, 0.717) is 24.2 Å². The maximum Gasteiger partial charge on any atom is 0.171 e. The fraction of sp³-hybridized carbons (Fsp3) is 0.250. The third-order valence-electron chi connectivity index (χ3n) is 6.48. The molecule has 1 aliphatic heterocycles. The van der Waals surface area contributed by atoms with Crippen LogP contribution >= 0.6 is 22.6 Å². The van der Waals surface area contributed by atoms with Crippen LogP contribution in [0.4, 0.5) is 11.4 Å². The van der Waals surface area contributed by atoms with Gasteiger partial charge in [-0.25, -0.2) is 0 Å². The van der Waals surface area contributed by atoms with Crippen molar-refractivity contribution in [2.75, 3.05) is 11.9 Å². The molecule has 0 aromatic heterocycles. The van der Waals surface area contributed by atoms with Crippen LogP contribution in [0.5, 0.6) is 11.5 Å². The number of ether oxygens (including phenoxy) is 1. The number of phenols is 1. The number of allylic oxidation sites excluding steroid dienone is 2. The van der Waals surface area contributed by atoms with E-state index in [2.05, 4.69) is 94.4 Å². The Morgan fingerprint density at radius 1 is 1.15 bits per heavy atom. The predicted molar refractivity (Wildman–Crippen MR) is 143 cm³/mol. The third kappa shape index (κ3) is 4.38. The van der Waals surface area contributed by atoms with Crippen molar-refractivity contribution in [3.05, 3.63) is 92.6 Å². The van der Waals surface area contributed by atoms with Crippen LogP contribution in [0, 0.1) is 16.4 Å². The molecular weight excluding hydrogens is 523 g/mol. The van der Waals surface area contributed by atoms with Crippen molar-refractivity contribution in [1.82, 2.24) is 0 Å². The minimum atomic E-state index is 0.176. The van der Waals surface area contributed by atoms with Crippen LogP contribution in [-0.2, 0) is 0 Å². The molecule has 4 nitrogen and oxygen atoms in total. The molecule has 0 unspecified atom stereocenters. The standard InChI is InChI=1S/C28H27IN2O2/c1-3-33-26-15-18(14-24(29)28(26)32)16-30-20-10-8-19(9-11-20)27-22-6-4-5-21(22)23-13-17(2)7-12-25(23)31-27/h4-5,7-16,21-22,27,31-32H,3,6H2,1-2H3/t21-,22-,27-/m0/s1. The summed E-state index contributed by atoms with van der Waals surface area (Å²) in [5.41, 5.74) is 7.05. The summed E-state index contributed by atoms with van der Waals surface area (Å²) in [6.45, 7) is 4.57. The van der Waals surface area contributed by atoms with E-state index in [9.17, 15) is 5.11 Å². The summed E-state index contributed by atoms with van der Waals surface area (Å²) in [7, 11) is 0. The fourth-order valence-electron chi connectivity index (χ4n) is 4.89. The first-order valence-electron chi connectivity index (χ1n) is 11.4. The van der Waals surface area contributed by atoms with E-state index in [1.54, 1.807) is 0 Å². The zero-order valence-electron chi connectivity index (χ0n) is 18.8. The summed E-state index contributed by atoms with van der Waals surface area (Å²) in [6, 6.07) is 19.2. The van der Waals surface area contributed by atoms with Gasteiger partial charge in [0.05, 0.1) is 21.9 Å². The van der Waals surface area contributed by atoms with Gasteiger partial charge < -0.3 is 15.2 Å². The average Bonchev–Trinajstić information content (AvgIpc) is 3.31. The molecule has 2 aliphatic rings. The number of aryl methyl sites for hydroxylation is 1. The summed E-state index contributed by atoms with van der Waals surface area (Å²) in [4.78, 5) is 4.65.